The van der Waals surface area contributed by atoms with E-state index in [1.54, 1.807) is 18.3 Å². The summed E-state index contributed by atoms with van der Waals surface area (Å²) in [5.74, 6) is 1.85. The molecule has 0 aliphatic carbocycles. The maximum atomic E-state index is 10.8. The van der Waals surface area contributed by atoms with Gasteiger partial charge in [0.1, 0.15) is 17.8 Å². The van der Waals surface area contributed by atoms with Crippen molar-refractivity contribution < 1.29 is 19.4 Å². The van der Waals surface area contributed by atoms with Crippen molar-refractivity contribution in [2.45, 2.75) is 39.0 Å². The van der Waals surface area contributed by atoms with Gasteiger partial charge in [-0.15, -0.1) is 10.2 Å². The Morgan fingerprint density at radius 3 is 2.63 bits per heavy atom. The largest absolute Gasteiger partial charge is 0.507 e. The summed E-state index contributed by atoms with van der Waals surface area (Å²) in [4.78, 5) is 15.0. The van der Waals surface area contributed by atoms with Gasteiger partial charge in [-0.2, -0.15) is 5.21 Å². The summed E-state index contributed by atoms with van der Waals surface area (Å²) in [6.45, 7) is 3.07. The fraction of sp³-hybridized carbons (Fsp3) is 0.381. The number of ether oxygens (including phenoxy) is 2. The maximum absolute atomic E-state index is 10.8. The van der Waals surface area contributed by atoms with E-state index in [9.17, 15) is 9.90 Å². The zero-order chi connectivity index (χ0) is 21.2. The van der Waals surface area contributed by atoms with E-state index in [1.807, 2.05) is 19.1 Å². The first-order valence-corrected chi connectivity index (χ1v) is 9.95. The summed E-state index contributed by atoms with van der Waals surface area (Å²) in [6.07, 6.45) is 5.79. The molecule has 1 aromatic carbocycles. The molecule has 3 aromatic rings. The minimum absolute atomic E-state index is 0.167. The van der Waals surface area contributed by atoms with Crippen LogP contribution >= 0.6 is 0 Å². The van der Waals surface area contributed by atoms with Crippen LogP contribution in [0.5, 0.6) is 17.4 Å². The summed E-state index contributed by atoms with van der Waals surface area (Å²) >= 11 is 0. The lowest BCUT2D eigenvalue weighted by atomic mass is 10.0. The van der Waals surface area contributed by atoms with Crippen molar-refractivity contribution in [2.24, 2.45) is 0 Å². The average Bonchev–Trinajstić information content (AvgIpc) is 3.30. The summed E-state index contributed by atoms with van der Waals surface area (Å²) in [6, 6.07) is 7.16. The molecule has 0 saturated heterocycles. The summed E-state index contributed by atoms with van der Waals surface area (Å²) in [5, 5.41) is 24.1. The number of pyridine rings is 1. The second-order valence-electron chi connectivity index (χ2n) is 6.70. The predicted octanol–water partition coefficient (Wildman–Crippen LogP) is 2.90. The highest BCUT2D eigenvalue weighted by Gasteiger charge is 2.13. The second-order valence-corrected chi connectivity index (χ2v) is 6.70. The van der Waals surface area contributed by atoms with Crippen LogP contribution in [0, 0.1) is 0 Å². The van der Waals surface area contributed by atoms with E-state index in [2.05, 4.69) is 25.6 Å². The fourth-order valence-corrected chi connectivity index (χ4v) is 2.99. The number of hydrogen-bond acceptors (Lipinski definition) is 8. The fourth-order valence-electron chi connectivity index (χ4n) is 2.99. The van der Waals surface area contributed by atoms with Crippen LogP contribution in [-0.4, -0.2) is 50.2 Å². The van der Waals surface area contributed by atoms with Gasteiger partial charge < -0.3 is 19.4 Å². The number of H-pyrrole nitrogens is 1. The average molecular weight is 411 g/mol. The van der Waals surface area contributed by atoms with Gasteiger partial charge in [0.05, 0.1) is 13.2 Å². The Balaban J connectivity index is 1.43. The zero-order valence-electron chi connectivity index (χ0n) is 16.9. The Bertz CT molecular complexity index is 929. The van der Waals surface area contributed by atoms with Gasteiger partial charge in [-0.05, 0) is 36.6 Å². The highest BCUT2D eigenvalue weighted by atomic mass is 16.5. The van der Waals surface area contributed by atoms with Crippen molar-refractivity contribution in [3.63, 3.8) is 0 Å². The van der Waals surface area contributed by atoms with Crippen LogP contribution in [-0.2, 0) is 17.6 Å². The molecule has 30 heavy (non-hydrogen) atoms. The molecule has 0 radical (unpaired) electrons. The molecule has 0 amide bonds. The van der Waals surface area contributed by atoms with Crippen molar-refractivity contribution in [1.82, 2.24) is 25.6 Å². The lowest BCUT2D eigenvalue weighted by Gasteiger charge is -2.15. The molecule has 0 atom stereocenters. The normalized spacial score (nSPS) is 10.7. The molecule has 2 aromatic heterocycles. The van der Waals surface area contributed by atoms with Gasteiger partial charge in [0, 0.05) is 35.4 Å². The molecule has 0 spiro atoms. The van der Waals surface area contributed by atoms with E-state index in [0.29, 0.717) is 42.7 Å². The number of hydrogen-bond donors (Lipinski definition) is 2. The lowest BCUT2D eigenvalue weighted by molar-refractivity contribution is -0.107. The van der Waals surface area contributed by atoms with Gasteiger partial charge in [0.25, 0.3) is 0 Å². The van der Waals surface area contributed by atoms with Crippen LogP contribution in [0.1, 0.15) is 37.3 Å². The summed E-state index contributed by atoms with van der Waals surface area (Å²) in [5.41, 5.74) is 2.15. The van der Waals surface area contributed by atoms with Gasteiger partial charge in [0.2, 0.25) is 11.7 Å². The monoisotopic (exact) mass is 411 g/mol. The smallest absolute Gasteiger partial charge is 0.213 e. The number of aldehydes is 1. The molecule has 0 fully saturated rings. The molecule has 0 saturated carbocycles. The first-order chi connectivity index (χ1) is 14.7. The Kier molecular flexibility index (Phi) is 7.71. The minimum atomic E-state index is 0.167. The van der Waals surface area contributed by atoms with Gasteiger partial charge in [-0.3, -0.25) is 0 Å². The highest BCUT2D eigenvalue weighted by molar-refractivity contribution is 5.60. The van der Waals surface area contributed by atoms with Crippen molar-refractivity contribution in [3.8, 4) is 28.8 Å². The van der Waals surface area contributed by atoms with Crippen molar-refractivity contribution >= 4 is 6.29 Å². The number of carbonyl (C=O) groups is 1. The summed E-state index contributed by atoms with van der Waals surface area (Å²) in [7, 11) is 0. The molecular weight excluding hydrogens is 386 g/mol. The number of rotatable bonds is 12. The van der Waals surface area contributed by atoms with Gasteiger partial charge in [0.15, 0.2) is 0 Å². The maximum Gasteiger partial charge on any atom is 0.213 e. The number of nitrogens with one attached hydrogen (secondary N) is 1. The number of aromatic nitrogens is 5. The number of aromatic hydroxyl groups is 1. The van der Waals surface area contributed by atoms with Crippen LogP contribution in [0.3, 0.4) is 0 Å². The Morgan fingerprint density at radius 2 is 1.97 bits per heavy atom. The Labute approximate surface area is 174 Å². The van der Waals surface area contributed by atoms with Gasteiger partial charge >= 0.3 is 0 Å². The Morgan fingerprint density at radius 1 is 1.13 bits per heavy atom. The molecule has 3 rings (SSSR count). The molecule has 0 unspecified atom stereocenters. The molecule has 0 aliphatic heterocycles. The molecular formula is C21H25N5O4. The van der Waals surface area contributed by atoms with E-state index in [1.165, 1.54) is 0 Å². The number of phenolic OH excluding ortho intramolecular Hbond substituents is 1. The summed E-state index contributed by atoms with van der Waals surface area (Å²) < 4.78 is 11.5. The molecule has 158 valence electrons. The van der Waals surface area contributed by atoms with Crippen LogP contribution in [0.2, 0.25) is 0 Å². The van der Waals surface area contributed by atoms with Crippen molar-refractivity contribution in [1.29, 1.82) is 0 Å². The molecule has 0 bridgehead atoms. The van der Waals surface area contributed by atoms with Crippen LogP contribution in [0.4, 0.5) is 0 Å². The highest BCUT2D eigenvalue weighted by Crippen LogP contribution is 2.33. The van der Waals surface area contributed by atoms with E-state index < -0.39 is 0 Å². The van der Waals surface area contributed by atoms with Crippen molar-refractivity contribution in [2.75, 3.05) is 13.2 Å². The first kappa shape index (κ1) is 21.2. The molecule has 2 heterocycles. The topological polar surface area (TPSA) is 123 Å². The lowest BCUT2D eigenvalue weighted by Crippen LogP contribution is -2.05. The number of unbranched alkanes of at least 4 members (excludes halogenated alkanes) is 1. The van der Waals surface area contributed by atoms with Crippen LogP contribution in [0.15, 0.2) is 30.5 Å². The van der Waals surface area contributed by atoms with Crippen molar-refractivity contribution in [3.05, 3.63) is 41.6 Å². The minimum Gasteiger partial charge on any atom is -0.507 e. The number of nitrogens with zero attached hydrogens (tertiary/aromatic N) is 4. The predicted molar refractivity (Wildman–Crippen MR) is 110 cm³/mol. The number of carbonyl (C=O) groups excluding carboxylic acids is 1. The zero-order valence-corrected chi connectivity index (χ0v) is 16.9. The molecule has 2 N–H and O–H groups in total. The molecule has 9 nitrogen and oxygen atoms in total. The van der Waals surface area contributed by atoms with E-state index in [-0.39, 0.29) is 12.2 Å². The third kappa shape index (κ3) is 5.53. The molecule has 9 heteroatoms. The number of aromatic amines is 1. The van der Waals surface area contributed by atoms with E-state index in [0.717, 1.165) is 36.7 Å². The second kappa shape index (κ2) is 10.9. The number of benzene rings is 1. The third-order valence-corrected chi connectivity index (χ3v) is 4.51. The van der Waals surface area contributed by atoms with Gasteiger partial charge in [-0.25, -0.2) is 4.98 Å². The third-order valence-electron chi connectivity index (χ3n) is 4.51. The SMILES string of the molecule is CCCc1c(OCCCCOc2ccc(-c3nn[nH]n3)cn2)ccc(CC=O)c1O. The number of phenols is 1. The molecule has 0 aliphatic rings. The number of tetrazole rings is 1. The van der Waals surface area contributed by atoms with Crippen LogP contribution < -0.4 is 9.47 Å². The van der Waals surface area contributed by atoms with Crippen LogP contribution in [0.25, 0.3) is 11.4 Å². The standard InChI is InChI=1S/C21H25N5O4/c1-2-5-17-18(8-6-15(10-11-27)20(17)28)29-12-3-4-13-30-19-9-7-16(14-22-19)21-23-25-26-24-21/h6-9,11,14,28H,2-5,10,12-13H2,1H3,(H,23,24,25,26). The quantitative estimate of drug-likeness (QED) is 0.344. The van der Waals surface area contributed by atoms with E-state index in [4.69, 9.17) is 9.47 Å². The van der Waals surface area contributed by atoms with Gasteiger partial charge in [-0.1, -0.05) is 19.4 Å². The Hall–Kier alpha value is -3.49. The first-order valence-electron chi connectivity index (χ1n) is 9.95. The van der Waals surface area contributed by atoms with E-state index >= 15 is 0 Å².